The molecule has 0 aliphatic carbocycles. The molecule has 17 heavy (non-hydrogen) atoms. The maximum absolute atomic E-state index is 13.3. The average Bonchev–Trinajstić information content (AvgIpc) is 2.36. The zero-order chi connectivity index (χ0) is 12.1. The lowest BCUT2D eigenvalue weighted by molar-refractivity contribution is 0.621. The molecule has 0 spiro atoms. The fraction of sp³-hybridized carbons (Fsp3) is 0.154. The Kier molecular flexibility index (Phi) is 4.30. The third kappa shape index (κ3) is 3.39. The molecular weight excluding hydrogens is 330 g/mol. The Morgan fingerprint density at radius 2 is 1.94 bits per heavy atom. The molecular formula is C13H12FIN2. The Morgan fingerprint density at radius 1 is 1.18 bits per heavy atom. The predicted molar refractivity (Wildman–Crippen MR) is 75.5 cm³/mol. The first kappa shape index (κ1) is 12.3. The fourth-order valence-corrected chi connectivity index (χ4v) is 2.08. The Hall–Kier alpha value is -1.17. The molecule has 2 rings (SSSR count). The molecule has 2 aromatic rings. The van der Waals surface area contributed by atoms with Crippen molar-refractivity contribution in [2.45, 2.75) is 6.42 Å². The summed E-state index contributed by atoms with van der Waals surface area (Å²) < 4.78 is 13.9. The van der Waals surface area contributed by atoms with E-state index >= 15 is 0 Å². The van der Waals surface area contributed by atoms with Gasteiger partial charge >= 0.3 is 0 Å². The largest absolute Gasteiger partial charge is 0.384 e. The third-order valence-electron chi connectivity index (χ3n) is 2.43. The Balaban J connectivity index is 1.93. The molecule has 0 saturated carbocycles. The first-order valence-electron chi connectivity index (χ1n) is 5.34. The minimum absolute atomic E-state index is 0.181. The monoisotopic (exact) mass is 342 g/mol. The van der Waals surface area contributed by atoms with Gasteiger partial charge in [-0.1, -0.05) is 6.07 Å². The number of pyridine rings is 1. The summed E-state index contributed by atoms with van der Waals surface area (Å²) in [5.41, 5.74) is 2.07. The van der Waals surface area contributed by atoms with Gasteiger partial charge in [-0.25, -0.2) is 4.39 Å². The standard InChI is InChI=1S/C13H12FIN2/c14-11-2-1-3-12(13(11)15)17-9-6-10-4-7-16-8-5-10/h1-5,7-8,17H,6,9H2. The second-order valence-corrected chi connectivity index (χ2v) is 4.71. The van der Waals surface area contributed by atoms with Crippen LogP contribution >= 0.6 is 22.6 Å². The van der Waals surface area contributed by atoms with E-state index in [4.69, 9.17) is 0 Å². The van der Waals surface area contributed by atoms with E-state index < -0.39 is 0 Å². The molecule has 0 aliphatic rings. The quantitative estimate of drug-likeness (QED) is 0.861. The first-order chi connectivity index (χ1) is 8.27. The van der Waals surface area contributed by atoms with Crippen molar-refractivity contribution in [3.8, 4) is 0 Å². The minimum atomic E-state index is -0.181. The number of hydrogen-bond donors (Lipinski definition) is 1. The summed E-state index contributed by atoms with van der Waals surface area (Å²) in [6, 6.07) is 9.04. The van der Waals surface area contributed by atoms with Crippen molar-refractivity contribution >= 4 is 28.3 Å². The number of aromatic nitrogens is 1. The van der Waals surface area contributed by atoms with Crippen LogP contribution in [0.25, 0.3) is 0 Å². The maximum Gasteiger partial charge on any atom is 0.138 e. The van der Waals surface area contributed by atoms with Gasteiger partial charge in [-0.15, -0.1) is 0 Å². The summed E-state index contributed by atoms with van der Waals surface area (Å²) in [7, 11) is 0. The van der Waals surface area contributed by atoms with E-state index in [1.165, 1.54) is 11.6 Å². The highest BCUT2D eigenvalue weighted by atomic mass is 127. The van der Waals surface area contributed by atoms with Crippen LogP contribution in [0, 0.1) is 9.39 Å². The smallest absolute Gasteiger partial charge is 0.138 e. The lowest BCUT2D eigenvalue weighted by Gasteiger charge is -2.08. The molecule has 0 fully saturated rings. The number of nitrogens with one attached hydrogen (secondary N) is 1. The van der Waals surface area contributed by atoms with Crippen LogP contribution in [-0.2, 0) is 6.42 Å². The zero-order valence-corrected chi connectivity index (χ0v) is 11.3. The molecule has 0 radical (unpaired) electrons. The molecule has 0 bridgehead atoms. The highest BCUT2D eigenvalue weighted by Crippen LogP contribution is 2.20. The van der Waals surface area contributed by atoms with Gasteiger partial charge in [0.05, 0.1) is 9.26 Å². The van der Waals surface area contributed by atoms with Gasteiger partial charge in [-0.3, -0.25) is 4.98 Å². The molecule has 0 unspecified atom stereocenters. The topological polar surface area (TPSA) is 24.9 Å². The van der Waals surface area contributed by atoms with Crippen molar-refractivity contribution in [2.75, 3.05) is 11.9 Å². The molecule has 0 aliphatic heterocycles. The fourth-order valence-electron chi connectivity index (χ4n) is 1.53. The van der Waals surface area contributed by atoms with Crippen molar-refractivity contribution in [3.05, 3.63) is 57.7 Å². The van der Waals surface area contributed by atoms with E-state index in [9.17, 15) is 4.39 Å². The van der Waals surface area contributed by atoms with E-state index in [2.05, 4.69) is 10.3 Å². The highest BCUT2D eigenvalue weighted by molar-refractivity contribution is 14.1. The van der Waals surface area contributed by atoms with Crippen LogP contribution in [-0.4, -0.2) is 11.5 Å². The second-order valence-electron chi connectivity index (χ2n) is 3.63. The van der Waals surface area contributed by atoms with E-state index in [0.717, 1.165) is 18.7 Å². The molecule has 4 heteroatoms. The molecule has 1 aromatic carbocycles. The Bertz CT molecular complexity index is 488. The number of halogens is 2. The summed E-state index contributed by atoms with van der Waals surface area (Å²) in [4.78, 5) is 3.97. The van der Waals surface area contributed by atoms with Crippen LogP contribution in [0.15, 0.2) is 42.7 Å². The van der Waals surface area contributed by atoms with Gasteiger partial charge in [-0.2, -0.15) is 0 Å². The van der Waals surface area contributed by atoms with Crippen molar-refractivity contribution < 1.29 is 4.39 Å². The molecule has 0 atom stereocenters. The normalized spacial score (nSPS) is 10.2. The summed E-state index contributed by atoms with van der Waals surface area (Å²) in [6.07, 6.45) is 4.46. The number of anilines is 1. The molecule has 1 heterocycles. The van der Waals surface area contributed by atoms with Gasteiger partial charge in [0.15, 0.2) is 0 Å². The zero-order valence-electron chi connectivity index (χ0n) is 9.16. The highest BCUT2D eigenvalue weighted by Gasteiger charge is 2.03. The van der Waals surface area contributed by atoms with Crippen molar-refractivity contribution in [1.82, 2.24) is 4.98 Å². The van der Waals surface area contributed by atoms with E-state index in [1.54, 1.807) is 18.5 Å². The molecule has 2 nitrogen and oxygen atoms in total. The average molecular weight is 342 g/mol. The van der Waals surface area contributed by atoms with Crippen molar-refractivity contribution in [2.24, 2.45) is 0 Å². The summed E-state index contributed by atoms with van der Waals surface area (Å²) >= 11 is 2.01. The molecule has 88 valence electrons. The SMILES string of the molecule is Fc1cccc(NCCc2ccncc2)c1I. The number of rotatable bonds is 4. The lowest BCUT2D eigenvalue weighted by atomic mass is 10.2. The second kappa shape index (κ2) is 5.95. The lowest BCUT2D eigenvalue weighted by Crippen LogP contribution is -2.06. The Labute approximate surface area is 113 Å². The van der Waals surface area contributed by atoms with Crippen LogP contribution in [0.2, 0.25) is 0 Å². The molecule has 0 saturated heterocycles. The van der Waals surface area contributed by atoms with Crippen LogP contribution in [0.4, 0.5) is 10.1 Å². The van der Waals surface area contributed by atoms with Gasteiger partial charge in [0.1, 0.15) is 5.82 Å². The summed E-state index contributed by atoms with van der Waals surface area (Å²) in [5.74, 6) is -0.181. The van der Waals surface area contributed by atoms with Gasteiger partial charge in [-0.05, 0) is 58.8 Å². The van der Waals surface area contributed by atoms with Crippen LogP contribution in [0.3, 0.4) is 0 Å². The Morgan fingerprint density at radius 3 is 2.71 bits per heavy atom. The van der Waals surface area contributed by atoms with Gasteiger partial charge in [0.2, 0.25) is 0 Å². The van der Waals surface area contributed by atoms with Gasteiger partial charge in [0.25, 0.3) is 0 Å². The van der Waals surface area contributed by atoms with Crippen LogP contribution in [0.1, 0.15) is 5.56 Å². The first-order valence-corrected chi connectivity index (χ1v) is 6.42. The van der Waals surface area contributed by atoms with Crippen molar-refractivity contribution in [1.29, 1.82) is 0 Å². The van der Waals surface area contributed by atoms with Crippen molar-refractivity contribution in [3.63, 3.8) is 0 Å². The molecule has 1 aromatic heterocycles. The number of hydrogen-bond acceptors (Lipinski definition) is 2. The number of benzene rings is 1. The minimum Gasteiger partial charge on any atom is -0.384 e. The molecule has 1 N–H and O–H groups in total. The van der Waals surface area contributed by atoms with Crippen LogP contribution < -0.4 is 5.32 Å². The maximum atomic E-state index is 13.3. The van der Waals surface area contributed by atoms with E-state index in [0.29, 0.717) is 3.57 Å². The van der Waals surface area contributed by atoms with Gasteiger partial charge < -0.3 is 5.32 Å². The third-order valence-corrected chi connectivity index (χ3v) is 3.53. The van der Waals surface area contributed by atoms with Crippen LogP contribution in [0.5, 0.6) is 0 Å². The predicted octanol–water partition coefficient (Wildman–Crippen LogP) is 3.48. The summed E-state index contributed by atoms with van der Waals surface area (Å²) in [6.45, 7) is 0.781. The van der Waals surface area contributed by atoms with E-state index in [1.807, 2.05) is 40.8 Å². The van der Waals surface area contributed by atoms with Gasteiger partial charge in [0, 0.05) is 18.9 Å². The number of nitrogens with zero attached hydrogens (tertiary/aromatic N) is 1. The van der Waals surface area contributed by atoms with E-state index in [-0.39, 0.29) is 5.82 Å². The molecule has 0 amide bonds. The summed E-state index contributed by atoms with van der Waals surface area (Å²) in [5, 5.41) is 3.23.